The summed E-state index contributed by atoms with van der Waals surface area (Å²) in [6, 6.07) is 6.34. The molecule has 0 bridgehead atoms. The van der Waals surface area contributed by atoms with Gasteiger partial charge in [0.15, 0.2) is 0 Å². The van der Waals surface area contributed by atoms with Gasteiger partial charge in [-0.15, -0.1) is 0 Å². The first kappa shape index (κ1) is 15.8. The van der Waals surface area contributed by atoms with Crippen LogP contribution in [0.1, 0.15) is 46.1 Å². The van der Waals surface area contributed by atoms with Gasteiger partial charge in [-0.3, -0.25) is 0 Å². The van der Waals surface area contributed by atoms with Crippen LogP contribution in [0.3, 0.4) is 0 Å². The predicted octanol–water partition coefficient (Wildman–Crippen LogP) is 3.81. The van der Waals surface area contributed by atoms with Crippen LogP contribution in [0.25, 0.3) is 0 Å². The van der Waals surface area contributed by atoms with Crippen LogP contribution in [0, 0.1) is 5.92 Å². The Morgan fingerprint density at radius 3 is 2.53 bits per heavy atom. The number of benzene rings is 1. The summed E-state index contributed by atoms with van der Waals surface area (Å²) < 4.78 is 5.48. The molecular weight excluding hydrogens is 238 g/mol. The molecule has 0 fully saturated rings. The van der Waals surface area contributed by atoms with Crippen LogP contribution in [0.15, 0.2) is 18.2 Å². The maximum absolute atomic E-state index is 9.37. The van der Waals surface area contributed by atoms with Crippen molar-refractivity contribution in [2.24, 2.45) is 5.92 Å². The summed E-state index contributed by atoms with van der Waals surface area (Å²) in [5, 5.41) is 12.8. The van der Waals surface area contributed by atoms with E-state index in [0.29, 0.717) is 12.6 Å². The van der Waals surface area contributed by atoms with E-state index in [9.17, 15) is 5.11 Å². The second-order valence-electron chi connectivity index (χ2n) is 5.43. The number of aliphatic hydroxyl groups is 1. The van der Waals surface area contributed by atoms with E-state index in [2.05, 4.69) is 26.1 Å². The fourth-order valence-corrected chi connectivity index (χ4v) is 2.03. The molecule has 0 saturated carbocycles. The molecule has 1 aromatic rings. The Balaban J connectivity index is 2.63. The molecule has 0 aromatic heterocycles. The molecule has 1 unspecified atom stereocenters. The van der Waals surface area contributed by atoms with Gasteiger partial charge in [0.05, 0.1) is 13.2 Å². The highest BCUT2D eigenvalue weighted by Gasteiger charge is 2.07. The highest BCUT2D eigenvalue weighted by Crippen LogP contribution is 2.24. The minimum absolute atomic E-state index is 0.00519. The van der Waals surface area contributed by atoms with Crippen molar-refractivity contribution in [3.8, 4) is 5.75 Å². The average molecular weight is 265 g/mol. The van der Waals surface area contributed by atoms with Crippen molar-refractivity contribution >= 4 is 5.69 Å². The monoisotopic (exact) mass is 265 g/mol. The number of hydrogen-bond acceptors (Lipinski definition) is 3. The smallest absolute Gasteiger partial charge is 0.124 e. The average Bonchev–Trinajstić information content (AvgIpc) is 2.38. The van der Waals surface area contributed by atoms with Crippen molar-refractivity contribution in [3.63, 3.8) is 0 Å². The molecule has 1 rings (SSSR count). The number of rotatable bonds is 8. The number of hydrogen-bond donors (Lipinski definition) is 2. The first-order valence-corrected chi connectivity index (χ1v) is 7.19. The molecular formula is C16H27NO2. The molecule has 3 nitrogen and oxygen atoms in total. The second-order valence-corrected chi connectivity index (χ2v) is 5.43. The van der Waals surface area contributed by atoms with Crippen molar-refractivity contribution in [2.45, 2.75) is 53.2 Å². The summed E-state index contributed by atoms with van der Waals surface area (Å²) in [6.45, 7) is 9.25. The Bertz CT molecular complexity index is 377. The number of ether oxygens (including phenoxy) is 1. The molecule has 2 N–H and O–H groups in total. The zero-order valence-corrected chi connectivity index (χ0v) is 12.6. The third kappa shape index (κ3) is 5.52. The van der Waals surface area contributed by atoms with Gasteiger partial charge in [0, 0.05) is 17.3 Å². The highest BCUT2D eigenvalue weighted by molar-refractivity contribution is 5.51. The van der Waals surface area contributed by atoms with Crippen molar-refractivity contribution in [3.05, 3.63) is 23.8 Å². The van der Waals surface area contributed by atoms with Crippen LogP contribution < -0.4 is 10.1 Å². The van der Waals surface area contributed by atoms with E-state index in [-0.39, 0.29) is 6.61 Å². The molecule has 108 valence electrons. The van der Waals surface area contributed by atoms with E-state index >= 15 is 0 Å². The molecule has 0 amide bonds. The minimum Gasteiger partial charge on any atom is -0.494 e. The van der Waals surface area contributed by atoms with E-state index in [1.54, 1.807) is 0 Å². The van der Waals surface area contributed by atoms with Crippen molar-refractivity contribution < 1.29 is 9.84 Å². The third-order valence-corrected chi connectivity index (χ3v) is 3.12. The molecule has 1 aromatic carbocycles. The van der Waals surface area contributed by atoms with Crippen LogP contribution in [0.4, 0.5) is 5.69 Å². The number of aliphatic hydroxyl groups excluding tert-OH is 1. The first-order chi connectivity index (χ1) is 9.06. The van der Waals surface area contributed by atoms with Gasteiger partial charge in [0.2, 0.25) is 0 Å². The van der Waals surface area contributed by atoms with Crippen LogP contribution >= 0.6 is 0 Å². The normalized spacial score (nSPS) is 12.5. The molecule has 0 aliphatic carbocycles. The van der Waals surface area contributed by atoms with E-state index in [4.69, 9.17) is 4.74 Å². The molecule has 0 aliphatic rings. The maximum Gasteiger partial charge on any atom is 0.124 e. The Morgan fingerprint density at radius 1 is 1.21 bits per heavy atom. The minimum atomic E-state index is 0.00519. The van der Waals surface area contributed by atoms with Gasteiger partial charge in [0.1, 0.15) is 5.75 Å². The van der Waals surface area contributed by atoms with E-state index < -0.39 is 0 Å². The Hall–Kier alpha value is -1.22. The second kappa shape index (κ2) is 8.05. The molecule has 0 radical (unpaired) electrons. The van der Waals surface area contributed by atoms with Crippen LogP contribution in [-0.4, -0.2) is 17.8 Å². The van der Waals surface area contributed by atoms with E-state index in [1.165, 1.54) is 6.42 Å². The molecule has 1 atom stereocenters. The fourth-order valence-electron chi connectivity index (χ4n) is 2.03. The van der Waals surface area contributed by atoms with Gasteiger partial charge < -0.3 is 15.2 Å². The van der Waals surface area contributed by atoms with E-state index in [0.717, 1.165) is 29.3 Å². The largest absolute Gasteiger partial charge is 0.494 e. The number of nitrogens with one attached hydrogen (secondary N) is 1. The highest BCUT2D eigenvalue weighted by atomic mass is 16.5. The maximum atomic E-state index is 9.37. The number of anilines is 1. The zero-order chi connectivity index (χ0) is 14.3. The lowest BCUT2D eigenvalue weighted by molar-refractivity contribution is 0.267. The van der Waals surface area contributed by atoms with Gasteiger partial charge in [-0.2, -0.15) is 0 Å². The lowest BCUT2D eigenvalue weighted by Gasteiger charge is -2.18. The standard InChI is InChI=1S/C16H27NO2/c1-5-19-16-9-8-15(10-14(16)11-18)17-13(4)7-6-12(2)3/h8-10,12-13,17-18H,5-7,11H2,1-4H3. The van der Waals surface area contributed by atoms with Gasteiger partial charge in [-0.1, -0.05) is 13.8 Å². The Morgan fingerprint density at radius 2 is 1.95 bits per heavy atom. The van der Waals surface area contributed by atoms with Crippen molar-refractivity contribution in [1.29, 1.82) is 0 Å². The quantitative estimate of drug-likeness (QED) is 0.751. The zero-order valence-electron chi connectivity index (χ0n) is 12.6. The summed E-state index contributed by atoms with van der Waals surface area (Å²) in [7, 11) is 0. The summed E-state index contributed by atoms with van der Waals surface area (Å²) in [4.78, 5) is 0. The summed E-state index contributed by atoms with van der Waals surface area (Å²) in [5.41, 5.74) is 1.88. The van der Waals surface area contributed by atoms with Gasteiger partial charge >= 0.3 is 0 Å². The van der Waals surface area contributed by atoms with E-state index in [1.807, 2.05) is 25.1 Å². The van der Waals surface area contributed by atoms with Crippen LogP contribution in [0.2, 0.25) is 0 Å². The van der Waals surface area contributed by atoms with Crippen LogP contribution in [0.5, 0.6) is 5.75 Å². The lowest BCUT2D eigenvalue weighted by atomic mass is 10.0. The molecule has 0 spiro atoms. The van der Waals surface area contributed by atoms with Gasteiger partial charge in [0.25, 0.3) is 0 Å². The topological polar surface area (TPSA) is 41.5 Å². The molecule has 3 heteroatoms. The molecule has 0 aliphatic heterocycles. The van der Waals surface area contributed by atoms with Crippen molar-refractivity contribution in [2.75, 3.05) is 11.9 Å². The fraction of sp³-hybridized carbons (Fsp3) is 0.625. The van der Waals surface area contributed by atoms with Gasteiger partial charge in [-0.05, 0) is 50.8 Å². The molecule has 0 heterocycles. The van der Waals surface area contributed by atoms with Gasteiger partial charge in [-0.25, -0.2) is 0 Å². The Kier molecular flexibility index (Phi) is 6.71. The predicted molar refractivity (Wildman–Crippen MR) is 80.7 cm³/mol. The molecule has 0 saturated heterocycles. The summed E-state index contributed by atoms with van der Waals surface area (Å²) in [6.07, 6.45) is 2.37. The molecule has 19 heavy (non-hydrogen) atoms. The summed E-state index contributed by atoms with van der Waals surface area (Å²) in [5.74, 6) is 1.50. The lowest BCUT2D eigenvalue weighted by Crippen LogP contribution is -2.16. The summed E-state index contributed by atoms with van der Waals surface area (Å²) >= 11 is 0. The third-order valence-electron chi connectivity index (χ3n) is 3.12. The first-order valence-electron chi connectivity index (χ1n) is 7.19. The van der Waals surface area contributed by atoms with Crippen LogP contribution in [-0.2, 0) is 6.61 Å². The van der Waals surface area contributed by atoms with Crippen molar-refractivity contribution in [1.82, 2.24) is 0 Å². The SMILES string of the molecule is CCOc1ccc(NC(C)CCC(C)C)cc1CO. The Labute approximate surface area is 117 Å².